The van der Waals surface area contributed by atoms with Crippen LogP contribution in [0.2, 0.25) is 0 Å². The van der Waals surface area contributed by atoms with E-state index in [0.29, 0.717) is 60.0 Å². The number of ether oxygens (including phenoxy) is 4. The molecule has 0 radical (unpaired) electrons. The van der Waals surface area contributed by atoms with E-state index in [0.717, 1.165) is 17.2 Å². The molecule has 1 unspecified atom stereocenters. The van der Waals surface area contributed by atoms with E-state index in [1.54, 1.807) is 42.5 Å². The van der Waals surface area contributed by atoms with Gasteiger partial charge in [0.05, 0.1) is 18.8 Å². The number of aryl methyl sites for hydroxylation is 1. The normalized spacial score (nSPS) is 11.3. The molecule has 7 heteroatoms. The van der Waals surface area contributed by atoms with Crippen molar-refractivity contribution in [2.24, 2.45) is 0 Å². The summed E-state index contributed by atoms with van der Waals surface area (Å²) >= 11 is 0. The van der Waals surface area contributed by atoms with E-state index in [9.17, 15) is 14.7 Å². The summed E-state index contributed by atoms with van der Waals surface area (Å²) in [6, 6.07) is 29.2. The van der Waals surface area contributed by atoms with Crippen LogP contribution >= 0.6 is 0 Å². The highest BCUT2D eigenvalue weighted by atomic mass is 16.6. The molecule has 0 aromatic heterocycles. The Bertz CT molecular complexity index is 1450. The van der Waals surface area contributed by atoms with Crippen molar-refractivity contribution in [2.45, 2.75) is 26.1 Å². The van der Waals surface area contributed by atoms with Gasteiger partial charge in [0.2, 0.25) is 6.29 Å². The molecular weight excluding hydrogens is 520 g/mol. The summed E-state index contributed by atoms with van der Waals surface area (Å²) in [4.78, 5) is 23.7. The van der Waals surface area contributed by atoms with Crippen LogP contribution in [0, 0.1) is 6.92 Å². The van der Waals surface area contributed by atoms with Crippen molar-refractivity contribution in [1.82, 2.24) is 0 Å². The van der Waals surface area contributed by atoms with Crippen LogP contribution in [0.25, 0.3) is 11.1 Å². The average molecular weight is 553 g/mol. The first-order chi connectivity index (χ1) is 19.9. The minimum Gasteiger partial charge on any atom is -0.494 e. The Morgan fingerprint density at radius 3 is 2.17 bits per heavy atom. The number of esters is 2. The fourth-order valence-electron chi connectivity index (χ4n) is 3.96. The smallest absolute Gasteiger partial charge is 0.343 e. The predicted molar refractivity (Wildman–Crippen MR) is 156 cm³/mol. The first-order valence-electron chi connectivity index (χ1n) is 13.3. The predicted octanol–water partition coefficient (Wildman–Crippen LogP) is 6.84. The Hall–Kier alpha value is -4.88. The molecule has 0 heterocycles. The van der Waals surface area contributed by atoms with Gasteiger partial charge in [-0.05, 0) is 78.9 Å². The molecule has 1 N–H and O–H groups in total. The monoisotopic (exact) mass is 552 g/mol. The van der Waals surface area contributed by atoms with Crippen LogP contribution in [0.1, 0.15) is 40.6 Å². The molecule has 210 valence electrons. The van der Waals surface area contributed by atoms with E-state index in [2.05, 4.69) is 6.58 Å². The zero-order valence-corrected chi connectivity index (χ0v) is 22.8. The Balaban J connectivity index is 1.26. The van der Waals surface area contributed by atoms with Crippen molar-refractivity contribution < 1.29 is 33.6 Å². The summed E-state index contributed by atoms with van der Waals surface area (Å²) in [6.07, 6.45) is 1.37. The lowest BCUT2D eigenvalue weighted by Crippen LogP contribution is -2.10. The van der Waals surface area contributed by atoms with E-state index in [4.69, 9.17) is 18.9 Å². The second-order valence-electron chi connectivity index (χ2n) is 9.23. The van der Waals surface area contributed by atoms with Crippen LogP contribution in [-0.2, 0) is 9.53 Å². The molecule has 1 atom stereocenters. The molecule has 4 aromatic carbocycles. The first kappa shape index (κ1) is 29.1. The zero-order chi connectivity index (χ0) is 29.0. The minimum atomic E-state index is -1.15. The summed E-state index contributed by atoms with van der Waals surface area (Å²) in [7, 11) is 0. The molecule has 0 aliphatic heterocycles. The molecule has 0 bridgehead atoms. The lowest BCUT2D eigenvalue weighted by Gasteiger charge is -2.16. The van der Waals surface area contributed by atoms with Gasteiger partial charge in [-0.25, -0.2) is 9.59 Å². The Morgan fingerprint density at radius 2 is 1.49 bits per heavy atom. The van der Waals surface area contributed by atoms with E-state index >= 15 is 0 Å². The van der Waals surface area contributed by atoms with Crippen LogP contribution in [0.4, 0.5) is 0 Å². The van der Waals surface area contributed by atoms with Crippen LogP contribution in [-0.4, -0.2) is 30.3 Å². The zero-order valence-electron chi connectivity index (χ0n) is 22.8. The summed E-state index contributed by atoms with van der Waals surface area (Å²) in [5.41, 5.74) is 3.85. The second kappa shape index (κ2) is 14.5. The van der Waals surface area contributed by atoms with Gasteiger partial charge < -0.3 is 24.1 Å². The van der Waals surface area contributed by atoms with Crippen molar-refractivity contribution in [3.8, 4) is 28.4 Å². The number of unbranched alkanes of at least 4 members (excludes halogenated alkanes) is 1. The Morgan fingerprint density at radius 1 is 0.829 bits per heavy atom. The maximum Gasteiger partial charge on any atom is 0.343 e. The fraction of sp³-hybridized carbons (Fsp3) is 0.176. The van der Waals surface area contributed by atoms with Gasteiger partial charge in [-0.15, -0.1) is 0 Å². The molecule has 0 amide bonds. The first-order valence-corrected chi connectivity index (χ1v) is 13.3. The summed E-state index contributed by atoms with van der Waals surface area (Å²) < 4.78 is 21.9. The number of carbonyl (C=O) groups is 2. The molecule has 0 saturated carbocycles. The van der Waals surface area contributed by atoms with Gasteiger partial charge in [0, 0.05) is 11.6 Å². The number of benzene rings is 4. The Labute approximate surface area is 239 Å². The molecule has 41 heavy (non-hydrogen) atoms. The van der Waals surface area contributed by atoms with Crippen LogP contribution in [0.3, 0.4) is 0 Å². The minimum absolute atomic E-state index is 0.315. The molecule has 4 rings (SSSR count). The van der Waals surface area contributed by atoms with E-state index in [-0.39, 0.29) is 0 Å². The molecule has 0 fully saturated rings. The van der Waals surface area contributed by atoms with Gasteiger partial charge in [-0.3, -0.25) is 0 Å². The second-order valence-corrected chi connectivity index (χ2v) is 9.23. The lowest BCUT2D eigenvalue weighted by molar-refractivity contribution is -0.137. The van der Waals surface area contributed by atoms with Crippen LogP contribution < -0.4 is 14.2 Å². The number of hydrogen-bond donors (Lipinski definition) is 1. The Kier molecular flexibility index (Phi) is 10.3. The number of rotatable bonds is 13. The highest BCUT2D eigenvalue weighted by Crippen LogP contribution is 2.29. The topological polar surface area (TPSA) is 91.3 Å². The number of hydrogen-bond acceptors (Lipinski definition) is 7. The van der Waals surface area contributed by atoms with Crippen molar-refractivity contribution in [1.29, 1.82) is 0 Å². The third-order valence-corrected chi connectivity index (χ3v) is 6.21. The van der Waals surface area contributed by atoms with Gasteiger partial charge in [0.15, 0.2) is 0 Å². The maximum absolute atomic E-state index is 12.6. The molecule has 4 aromatic rings. The lowest BCUT2D eigenvalue weighted by atomic mass is 10.0. The van der Waals surface area contributed by atoms with Gasteiger partial charge >= 0.3 is 11.9 Å². The summed E-state index contributed by atoms with van der Waals surface area (Å²) in [5, 5.41) is 10.6. The van der Waals surface area contributed by atoms with E-state index < -0.39 is 18.2 Å². The van der Waals surface area contributed by atoms with Gasteiger partial charge in [-0.2, -0.15) is 0 Å². The van der Waals surface area contributed by atoms with Crippen LogP contribution in [0.15, 0.2) is 110 Å². The maximum atomic E-state index is 12.6. The third-order valence-electron chi connectivity index (χ3n) is 6.21. The molecule has 0 saturated heterocycles. The number of aliphatic hydroxyl groups is 1. The van der Waals surface area contributed by atoms with Gasteiger partial charge in [0.25, 0.3) is 0 Å². The average Bonchev–Trinajstić information content (AvgIpc) is 3.00. The molecular formula is C34H32O7. The standard InChI is InChI=1S/C34H32O7/c1-3-32(35)39-22-8-7-21-38-29-17-15-28(16-18-29)33(36)40-30-19-20-31(24(2)23-30)41-34(37)27-13-11-26(12-14-27)25-9-5-4-6-10-25/h3-6,9-20,23,34,37H,1,7-8,21-22H2,2H3. The highest BCUT2D eigenvalue weighted by Gasteiger charge is 2.14. The third kappa shape index (κ3) is 8.55. The van der Waals surface area contributed by atoms with Crippen molar-refractivity contribution >= 4 is 11.9 Å². The van der Waals surface area contributed by atoms with Gasteiger partial charge in [-0.1, -0.05) is 61.2 Å². The molecule has 7 nitrogen and oxygen atoms in total. The quantitative estimate of drug-likeness (QED) is 0.0638. The van der Waals surface area contributed by atoms with Gasteiger partial charge in [0.1, 0.15) is 17.2 Å². The van der Waals surface area contributed by atoms with E-state index in [1.165, 1.54) is 0 Å². The molecule has 0 aliphatic rings. The van der Waals surface area contributed by atoms with Crippen molar-refractivity contribution in [3.05, 3.63) is 126 Å². The summed E-state index contributed by atoms with van der Waals surface area (Å²) in [6.45, 7) is 5.93. The fourth-order valence-corrected chi connectivity index (χ4v) is 3.96. The van der Waals surface area contributed by atoms with Crippen molar-refractivity contribution in [3.63, 3.8) is 0 Å². The largest absolute Gasteiger partial charge is 0.494 e. The molecule has 0 aliphatic carbocycles. The summed E-state index contributed by atoms with van der Waals surface area (Å²) in [5.74, 6) is 0.513. The molecule has 0 spiro atoms. The van der Waals surface area contributed by atoms with Crippen LogP contribution in [0.5, 0.6) is 17.2 Å². The number of carbonyl (C=O) groups excluding carboxylic acids is 2. The van der Waals surface area contributed by atoms with Crippen molar-refractivity contribution in [2.75, 3.05) is 13.2 Å². The highest BCUT2D eigenvalue weighted by molar-refractivity contribution is 5.91. The van der Waals surface area contributed by atoms with E-state index in [1.807, 2.05) is 61.5 Å². The SMILES string of the molecule is C=CC(=O)OCCCCOc1ccc(C(=O)Oc2ccc(OC(O)c3ccc(-c4ccccc4)cc3)c(C)c2)cc1. The number of aliphatic hydroxyl groups excluding tert-OH is 1.